The Labute approximate surface area is 67.9 Å². The van der Waals surface area contributed by atoms with Gasteiger partial charge in [-0.15, -0.1) is 0 Å². The molecule has 2 heteroatoms. The molecule has 0 aromatic rings. The molecule has 0 spiro atoms. The minimum atomic E-state index is -0.628. The number of aliphatic hydroxyl groups excluding tert-OH is 1. The Morgan fingerprint density at radius 2 is 2.27 bits per heavy atom. The molecule has 0 aromatic carbocycles. The summed E-state index contributed by atoms with van der Waals surface area (Å²) in [6, 6.07) is 0. The van der Waals surface area contributed by atoms with Crippen molar-refractivity contribution in [3.8, 4) is 0 Å². The van der Waals surface area contributed by atoms with Crippen LogP contribution in [0.15, 0.2) is 12.3 Å². The molecule has 0 aliphatic carbocycles. The molecule has 2 unspecified atom stereocenters. The molecule has 1 heterocycles. The van der Waals surface area contributed by atoms with Gasteiger partial charge in [-0.25, -0.2) is 0 Å². The van der Waals surface area contributed by atoms with Crippen LogP contribution in [0.5, 0.6) is 0 Å². The van der Waals surface area contributed by atoms with E-state index in [1.807, 2.05) is 0 Å². The van der Waals surface area contributed by atoms with Crippen molar-refractivity contribution >= 4 is 0 Å². The zero-order valence-corrected chi connectivity index (χ0v) is 7.21. The van der Waals surface area contributed by atoms with E-state index in [4.69, 9.17) is 4.74 Å². The first-order chi connectivity index (χ1) is 5.11. The van der Waals surface area contributed by atoms with Crippen molar-refractivity contribution in [1.82, 2.24) is 0 Å². The SMILES string of the molecule is C=C1CCC(C(C)C)C(O)O1. The van der Waals surface area contributed by atoms with Gasteiger partial charge in [-0.2, -0.15) is 0 Å². The molecule has 0 saturated carbocycles. The van der Waals surface area contributed by atoms with E-state index < -0.39 is 6.29 Å². The van der Waals surface area contributed by atoms with Crippen LogP contribution in [-0.4, -0.2) is 11.4 Å². The fourth-order valence-corrected chi connectivity index (χ4v) is 1.45. The van der Waals surface area contributed by atoms with Crippen LogP contribution in [0.3, 0.4) is 0 Å². The number of rotatable bonds is 1. The Bertz CT molecular complexity index is 152. The lowest BCUT2D eigenvalue weighted by atomic mass is 9.88. The topological polar surface area (TPSA) is 29.5 Å². The molecule has 1 N–H and O–H groups in total. The van der Waals surface area contributed by atoms with Gasteiger partial charge in [-0.05, 0) is 12.3 Å². The maximum absolute atomic E-state index is 9.43. The number of hydrogen-bond donors (Lipinski definition) is 1. The lowest BCUT2D eigenvalue weighted by Gasteiger charge is -2.32. The highest BCUT2D eigenvalue weighted by Gasteiger charge is 2.28. The van der Waals surface area contributed by atoms with Crippen molar-refractivity contribution in [2.24, 2.45) is 11.8 Å². The summed E-state index contributed by atoms with van der Waals surface area (Å²) in [6.07, 6.45) is 1.26. The highest BCUT2D eigenvalue weighted by Crippen LogP contribution is 2.30. The van der Waals surface area contributed by atoms with Crippen molar-refractivity contribution in [2.75, 3.05) is 0 Å². The van der Waals surface area contributed by atoms with Crippen molar-refractivity contribution < 1.29 is 9.84 Å². The third-order valence-electron chi connectivity index (χ3n) is 2.27. The van der Waals surface area contributed by atoms with Gasteiger partial charge in [0.2, 0.25) is 0 Å². The third kappa shape index (κ3) is 1.96. The van der Waals surface area contributed by atoms with Crippen molar-refractivity contribution in [3.05, 3.63) is 12.3 Å². The Hall–Kier alpha value is -0.500. The van der Waals surface area contributed by atoms with Gasteiger partial charge in [0.1, 0.15) is 0 Å². The lowest BCUT2D eigenvalue weighted by molar-refractivity contribution is -0.138. The predicted octanol–water partition coefficient (Wildman–Crippen LogP) is 1.90. The van der Waals surface area contributed by atoms with Crippen LogP contribution in [-0.2, 0) is 4.74 Å². The van der Waals surface area contributed by atoms with Crippen molar-refractivity contribution in [1.29, 1.82) is 0 Å². The van der Waals surface area contributed by atoms with Gasteiger partial charge in [-0.3, -0.25) is 0 Å². The Kier molecular flexibility index (Phi) is 2.55. The predicted molar refractivity (Wildman–Crippen MR) is 43.8 cm³/mol. The third-order valence-corrected chi connectivity index (χ3v) is 2.27. The van der Waals surface area contributed by atoms with Crippen LogP contribution < -0.4 is 0 Å². The van der Waals surface area contributed by atoms with Gasteiger partial charge in [0.15, 0.2) is 6.29 Å². The van der Waals surface area contributed by atoms with E-state index in [1.165, 1.54) is 0 Å². The van der Waals surface area contributed by atoms with Crippen LogP contribution in [0, 0.1) is 11.8 Å². The number of ether oxygens (including phenoxy) is 1. The maximum atomic E-state index is 9.43. The minimum Gasteiger partial charge on any atom is -0.470 e. The summed E-state index contributed by atoms with van der Waals surface area (Å²) in [7, 11) is 0. The van der Waals surface area contributed by atoms with E-state index >= 15 is 0 Å². The molecule has 2 nitrogen and oxygen atoms in total. The number of allylic oxidation sites excluding steroid dienone is 1. The smallest absolute Gasteiger partial charge is 0.199 e. The van der Waals surface area contributed by atoms with Gasteiger partial charge >= 0.3 is 0 Å². The summed E-state index contributed by atoms with van der Waals surface area (Å²) < 4.78 is 5.12. The first-order valence-corrected chi connectivity index (χ1v) is 4.13. The second kappa shape index (κ2) is 3.26. The molecule has 0 bridgehead atoms. The molecule has 1 aliphatic rings. The van der Waals surface area contributed by atoms with E-state index in [1.54, 1.807) is 0 Å². The van der Waals surface area contributed by atoms with E-state index in [9.17, 15) is 5.11 Å². The summed E-state index contributed by atoms with van der Waals surface area (Å²) in [4.78, 5) is 0. The standard InChI is InChI=1S/C9H16O2/c1-6(2)8-5-4-7(3)11-9(8)10/h6,8-10H,3-5H2,1-2H3. The van der Waals surface area contributed by atoms with E-state index in [0.29, 0.717) is 5.92 Å². The molecule has 1 saturated heterocycles. The largest absolute Gasteiger partial charge is 0.470 e. The van der Waals surface area contributed by atoms with Gasteiger partial charge in [0.25, 0.3) is 0 Å². The van der Waals surface area contributed by atoms with E-state index in [-0.39, 0.29) is 5.92 Å². The second-order valence-electron chi connectivity index (χ2n) is 3.49. The van der Waals surface area contributed by atoms with E-state index in [0.717, 1.165) is 18.6 Å². The minimum absolute atomic E-state index is 0.278. The molecule has 11 heavy (non-hydrogen) atoms. The summed E-state index contributed by atoms with van der Waals surface area (Å²) >= 11 is 0. The zero-order valence-electron chi connectivity index (χ0n) is 7.21. The molecule has 1 rings (SSSR count). The van der Waals surface area contributed by atoms with Gasteiger partial charge in [0.05, 0.1) is 5.76 Å². The monoisotopic (exact) mass is 156 g/mol. The highest BCUT2D eigenvalue weighted by atomic mass is 16.6. The fraction of sp³-hybridized carbons (Fsp3) is 0.778. The Morgan fingerprint density at radius 1 is 1.64 bits per heavy atom. The van der Waals surface area contributed by atoms with Gasteiger partial charge < -0.3 is 9.84 Å². The molecular weight excluding hydrogens is 140 g/mol. The van der Waals surface area contributed by atoms with Crippen molar-refractivity contribution in [3.63, 3.8) is 0 Å². The van der Waals surface area contributed by atoms with Crippen LogP contribution in [0.2, 0.25) is 0 Å². The molecule has 1 fully saturated rings. The van der Waals surface area contributed by atoms with Crippen molar-refractivity contribution in [2.45, 2.75) is 33.0 Å². The van der Waals surface area contributed by atoms with Gasteiger partial charge in [0, 0.05) is 12.3 Å². The molecule has 2 atom stereocenters. The van der Waals surface area contributed by atoms with Crippen LogP contribution >= 0.6 is 0 Å². The fourth-order valence-electron chi connectivity index (χ4n) is 1.45. The maximum Gasteiger partial charge on any atom is 0.199 e. The van der Waals surface area contributed by atoms with Crippen LogP contribution in [0.25, 0.3) is 0 Å². The molecule has 64 valence electrons. The summed E-state index contributed by atoms with van der Waals surface area (Å²) in [5, 5.41) is 9.43. The first kappa shape index (κ1) is 8.60. The summed E-state index contributed by atoms with van der Waals surface area (Å²) in [6.45, 7) is 7.88. The Balaban J connectivity index is 2.50. The molecular formula is C9H16O2. The number of aliphatic hydroxyl groups is 1. The lowest BCUT2D eigenvalue weighted by Crippen LogP contribution is -2.31. The zero-order chi connectivity index (χ0) is 8.43. The van der Waals surface area contributed by atoms with E-state index in [2.05, 4.69) is 20.4 Å². The van der Waals surface area contributed by atoms with Crippen LogP contribution in [0.4, 0.5) is 0 Å². The van der Waals surface area contributed by atoms with Crippen LogP contribution in [0.1, 0.15) is 26.7 Å². The second-order valence-corrected chi connectivity index (χ2v) is 3.49. The molecule has 0 aromatic heterocycles. The molecule has 0 radical (unpaired) electrons. The molecule has 0 amide bonds. The summed E-state index contributed by atoms with van der Waals surface area (Å²) in [5.41, 5.74) is 0. The highest BCUT2D eigenvalue weighted by molar-refractivity contribution is 4.89. The Morgan fingerprint density at radius 3 is 2.73 bits per heavy atom. The number of hydrogen-bond acceptors (Lipinski definition) is 2. The normalized spacial score (nSPS) is 32.2. The quantitative estimate of drug-likeness (QED) is 0.628. The average Bonchev–Trinajstić information content (AvgIpc) is 1.85. The molecule has 1 aliphatic heterocycles. The first-order valence-electron chi connectivity index (χ1n) is 4.13. The van der Waals surface area contributed by atoms with Gasteiger partial charge in [-0.1, -0.05) is 20.4 Å². The summed E-state index contributed by atoms with van der Waals surface area (Å²) in [5.74, 6) is 1.48. The average molecular weight is 156 g/mol.